The molecular weight excluding hydrogens is 276 g/mol. The van der Waals surface area contributed by atoms with Crippen LogP contribution in [-0.2, 0) is 11.3 Å². The van der Waals surface area contributed by atoms with Crippen LogP contribution in [0.5, 0.6) is 0 Å². The van der Waals surface area contributed by atoms with Crippen LogP contribution in [0.4, 0.5) is 8.78 Å². The molecule has 19 heavy (non-hydrogen) atoms. The van der Waals surface area contributed by atoms with Crippen molar-refractivity contribution in [2.24, 2.45) is 11.7 Å². The van der Waals surface area contributed by atoms with Gasteiger partial charge in [0, 0.05) is 18.0 Å². The number of nitrogens with two attached hydrogens (primary N) is 1. The fourth-order valence-electron chi connectivity index (χ4n) is 1.37. The van der Waals surface area contributed by atoms with Crippen LogP contribution in [0.3, 0.4) is 0 Å². The Balaban J connectivity index is 0.00000324. The van der Waals surface area contributed by atoms with Crippen molar-refractivity contribution in [1.82, 2.24) is 5.32 Å². The summed E-state index contributed by atoms with van der Waals surface area (Å²) in [5.41, 5.74) is 4.63. The first-order valence-corrected chi connectivity index (χ1v) is 5.43. The Kier molecular flexibility index (Phi) is 6.41. The van der Waals surface area contributed by atoms with E-state index in [0.29, 0.717) is 0 Å². The van der Waals surface area contributed by atoms with Crippen LogP contribution in [0.2, 0.25) is 0 Å². The summed E-state index contributed by atoms with van der Waals surface area (Å²) >= 11 is 0. The molecule has 4 N–H and O–H groups in total. The lowest BCUT2D eigenvalue weighted by molar-refractivity contribution is -0.124. The standard InChI is InChI=1S/C12H15F2N3O.ClH/c1-6(2)12(18)17-5-7-3-4-8(13)9(10(7)14)11(15)16;/h3-4,6H,5H2,1-2H3,(H3,15,16)(H,17,18);1H. The minimum atomic E-state index is -0.911. The summed E-state index contributed by atoms with van der Waals surface area (Å²) < 4.78 is 27.1. The first-order chi connectivity index (χ1) is 8.34. The quantitative estimate of drug-likeness (QED) is 0.585. The van der Waals surface area contributed by atoms with Gasteiger partial charge in [-0.25, -0.2) is 8.78 Å². The molecule has 0 aliphatic rings. The molecule has 106 valence electrons. The molecule has 0 unspecified atom stereocenters. The number of nitrogens with one attached hydrogen (secondary N) is 2. The molecule has 0 aliphatic carbocycles. The first kappa shape index (κ1) is 17.3. The van der Waals surface area contributed by atoms with Crippen molar-refractivity contribution in [3.8, 4) is 0 Å². The molecular formula is C12H16ClF2N3O. The predicted molar refractivity (Wildman–Crippen MR) is 71.3 cm³/mol. The van der Waals surface area contributed by atoms with Crippen molar-refractivity contribution in [2.75, 3.05) is 0 Å². The third kappa shape index (κ3) is 4.17. The summed E-state index contributed by atoms with van der Waals surface area (Å²) in [5, 5.41) is 9.62. The average Bonchev–Trinajstić information content (AvgIpc) is 2.27. The second kappa shape index (κ2) is 7.04. The Labute approximate surface area is 116 Å². The number of nitrogen functional groups attached to an aromatic ring is 1. The van der Waals surface area contributed by atoms with Gasteiger partial charge in [0.05, 0.1) is 5.56 Å². The number of carbonyl (C=O) groups is 1. The third-order valence-corrected chi connectivity index (χ3v) is 2.42. The van der Waals surface area contributed by atoms with Gasteiger partial charge in [0.2, 0.25) is 5.91 Å². The van der Waals surface area contributed by atoms with Gasteiger partial charge in [-0.05, 0) is 6.07 Å². The van der Waals surface area contributed by atoms with E-state index < -0.39 is 23.0 Å². The largest absolute Gasteiger partial charge is 0.384 e. The number of hydrogen-bond donors (Lipinski definition) is 3. The van der Waals surface area contributed by atoms with Gasteiger partial charge in [-0.1, -0.05) is 19.9 Å². The molecule has 0 radical (unpaired) electrons. The van der Waals surface area contributed by atoms with Gasteiger partial charge in [-0.3, -0.25) is 10.2 Å². The van der Waals surface area contributed by atoms with Crippen LogP contribution in [-0.4, -0.2) is 11.7 Å². The fourth-order valence-corrected chi connectivity index (χ4v) is 1.37. The summed E-state index contributed by atoms with van der Waals surface area (Å²) in [6.07, 6.45) is 0. The van der Waals surface area contributed by atoms with Crippen molar-refractivity contribution in [2.45, 2.75) is 20.4 Å². The summed E-state index contributed by atoms with van der Waals surface area (Å²) in [6, 6.07) is 2.24. The predicted octanol–water partition coefficient (Wildman–Crippen LogP) is 1.94. The number of halogens is 3. The van der Waals surface area contributed by atoms with E-state index in [-0.39, 0.29) is 36.3 Å². The molecule has 0 saturated carbocycles. The number of rotatable bonds is 4. The van der Waals surface area contributed by atoms with Crippen LogP contribution < -0.4 is 11.1 Å². The van der Waals surface area contributed by atoms with Crippen LogP contribution in [0.25, 0.3) is 0 Å². The topological polar surface area (TPSA) is 79.0 Å². The number of hydrogen-bond acceptors (Lipinski definition) is 2. The van der Waals surface area contributed by atoms with Gasteiger partial charge in [0.1, 0.15) is 17.5 Å². The van der Waals surface area contributed by atoms with Crippen molar-refractivity contribution in [1.29, 1.82) is 5.41 Å². The van der Waals surface area contributed by atoms with Crippen molar-refractivity contribution >= 4 is 24.1 Å². The summed E-state index contributed by atoms with van der Waals surface area (Å²) in [6.45, 7) is 3.35. The Morgan fingerprint density at radius 2 is 2.00 bits per heavy atom. The molecule has 1 aromatic rings. The zero-order valence-electron chi connectivity index (χ0n) is 10.6. The van der Waals surface area contributed by atoms with E-state index >= 15 is 0 Å². The van der Waals surface area contributed by atoms with E-state index in [1.807, 2.05) is 0 Å². The lowest BCUT2D eigenvalue weighted by atomic mass is 10.1. The number of amides is 1. The zero-order valence-corrected chi connectivity index (χ0v) is 11.4. The molecule has 1 aromatic carbocycles. The third-order valence-electron chi connectivity index (χ3n) is 2.42. The normalized spacial score (nSPS) is 9.95. The van der Waals surface area contributed by atoms with E-state index in [2.05, 4.69) is 5.32 Å². The highest BCUT2D eigenvalue weighted by Gasteiger charge is 2.16. The van der Waals surface area contributed by atoms with Crippen molar-refractivity contribution in [3.63, 3.8) is 0 Å². The highest BCUT2D eigenvalue weighted by Crippen LogP contribution is 2.16. The van der Waals surface area contributed by atoms with E-state index in [1.54, 1.807) is 13.8 Å². The first-order valence-electron chi connectivity index (χ1n) is 5.43. The molecule has 1 amide bonds. The summed E-state index contributed by atoms with van der Waals surface area (Å²) in [5.74, 6) is -2.93. The van der Waals surface area contributed by atoms with Gasteiger partial charge in [0.15, 0.2) is 0 Å². The molecule has 0 fully saturated rings. The maximum absolute atomic E-state index is 13.8. The monoisotopic (exact) mass is 291 g/mol. The van der Waals surface area contributed by atoms with Crippen LogP contribution in [0.1, 0.15) is 25.0 Å². The van der Waals surface area contributed by atoms with Gasteiger partial charge in [-0.2, -0.15) is 0 Å². The van der Waals surface area contributed by atoms with Gasteiger partial charge >= 0.3 is 0 Å². The van der Waals surface area contributed by atoms with Gasteiger partial charge in [-0.15, -0.1) is 12.4 Å². The molecule has 0 spiro atoms. The molecule has 1 rings (SSSR count). The SMILES string of the molecule is CC(C)C(=O)NCc1ccc(F)c(C(=N)N)c1F.Cl. The fraction of sp³-hybridized carbons (Fsp3) is 0.333. The maximum Gasteiger partial charge on any atom is 0.222 e. The minimum Gasteiger partial charge on any atom is -0.384 e. The van der Waals surface area contributed by atoms with Crippen molar-refractivity contribution in [3.05, 3.63) is 34.9 Å². The van der Waals surface area contributed by atoms with E-state index in [4.69, 9.17) is 11.1 Å². The molecule has 4 nitrogen and oxygen atoms in total. The molecule has 0 saturated heterocycles. The molecule has 0 atom stereocenters. The zero-order chi connectivity index (χ0) is 13.9. The molecule has 0 aromatic heterocycles. The van der Waals surface area contributed by atoms with E-state index in [9.17, 15) is 13.6 Å². The second-order valence-electron chi connectivity index (χ2n) is 4.18. The van der Waals surface area contributed by atoms with E-state index in [1.165, 1.54) is 6.07 Å². The van der Waals surface area contributed by atoms with E-state index in [0.717, 1.165) is 6.07 Å². The van der Waals surface area contributed by atoms with Crippen LogP contribution >= 0.6 is 12.4 Å². The average molecular weight is 292 g/mol. The highest BCUT2D eigenvalue weighted by atomic mass is 35.5. The maximum atomic E-state index is 13.8. The molecule has 0 aliphatic heterocycles. The number of benzene rings is 1. The van der Waals surface area contributed by atoms with Crippen molar-refractivity contribution < 1.29 is 13.6 Å². The molecule has 0 heterocycles. The van der Waals surface area contributed by atoms with Gasteiger partial charge in [0.25, 0.3) is 0 Å². The highest BCUT2D eigenvalue weighted by molar-refractivity contribution is 5.95. The van der Waals surface area contributed by atoms with Crippen LogP contribution in [0, 0.1) is 23.0 Å². The van der Waals surface area contributed by atoms with Gasteiger partial charge < -0.3 is 11.1 Å². The summed E-state index contributed by atoms with van der Waals surface area (Å²) in [7, 11) is 0. The Hall–Kier alpha value is -1.69. The minimum absolute atomic E-state index is 0. The molecule has 7 heteroatoms. The summed E-state index contributed by atoms with van der Waals surface area (Å²) in [4.78, 5) is 11.3. The lowest BCUT2D eigenvalue weighted by Gasteiger charge is -2.11. The smallest absolute Gasteiger partial charge is 0.222 e. The Bertz CT molecular complexity index is 492. The molecule has 0 bridgehead atoms. The Morgan fingerprint density at radius 3 is 2.47 bits per heavy atom. The Morgan fingerprint density at radius 1 is 1.42 bits per heavy atom. The number of carbonyl (C=O) groups excluding carboxylic acids is 1. The van der Waals surface area contributed by atoms with Crippen LogP contribution in [0.15, 0.2) is 12.1 Å². The second-order valence-corrected chi connectivity index (χ2v) is 4.18. The number of amidine groups is 1. The lowest BCUT2D eigenvalue weighted by Crippen LogP contribution is -2.28.